The predicted octanol–water partition coefficient (Wildman–Crippen LogP) is 3.98. The number of hydrogen-bond acceptors (Lipinski definition) is 5. The third kappa shape index (κ3) is 4.75. The summed E-state index contributed by atoms with van der Waals surface area (Å²) in [7, 11) is -3.85. The zero-order chi connectivity index (χ0) is 23.4. The quantitative estimate of drug-likeness (QED) is 0.596. The number of rotatable bonds is 6. The molecule has 170 valence electrons. The van der Waals surface area contributed by atoms with Gasteiger partial charge in [0.1, 0.15) is 12.3 Å². The van der Waals surface area contributed by atoms with Crippen molar-refractivity contribution in [3.8, 4) is 5.75 Å². The average Bonchev–Trinajstić information content (AvgIpc) is 2.90. The highest BCUT2D eigenvalue weighted by Crippen LogP contribution is 2.40. The lowest BCUT2D eigenvalue weighted by Gasteiger charge is -2.22. The van der Waals surface area contributed by atoms with Crippen LogP contribution in [0.1, 0.15) is 24.2 Å². The van der Waals surface area contributed by atoms with Gasteiger partial charge in [-0.1, -0.05) is 42.5 Å². The van der Waals surface area contributed by atoms with Gasteiger partial charge in [-0.25, -0.2) is 8.42 Å². The Balaban J connectivity index is 1.62. The Bertz CT molecular complexity index is 1260. The molecule has 1 aliphatic rings. The van der Waals surface area contributed by atoms with Crippen molar-refractivity contribution in [3.05, 3.63) is 84.4 Å². The molecule has 0 spiro atoms. The molecule has 1 aliphatic heterocycles. The number of anilines is 2. The predicted molar refractivity (Wildman–Crippen MR) is 126 cm³/mol. The first kappa shape index (κ1) is 22.5. The van der Waals surface area contributed by atoms with E-state index in [1.807, 2.05) is 6.92 Å². The molecule has 33 heavy (non-hydrogen) atoms. The van der Waals surface area contributed by atoms with Crippen molar-refractivity contribution >= 4 is 33.0 Å². The van der Waals surface area contributed by atoms with Gasteiger partial charge in [0, 0.05) is 12.1 Å². The SMILES string of the molecule is CCOc1ccc(NC(=O)CN2C(=O)C[C@H](c3ccccc3)S(=O)(=O)c3ccccc32)cc1. The number of amides is 2. The molecule has 0 unspecified atom stereocenters. The van der Waals surface area contributed by atoms with Crippen LogP contribution in [0.25, 0.3) is 0 Å². The van der Waals surface area contributed by atoms with Crippen LogP contribution >= 0.6 is 0 Å². The molecule has 0 bridgehead atoms. The number of benzene rings is 3. The Labute approximate surface area is 192 Å². The zero-order valence-corrected chi connectivity index (χ0v) is 18.9. The van der Waals surface area contributed by atoms with Gasteiger partial charge in [0.05, 0.1) is 22.4 Å². The first-order valence-electron chi connectivity index (χ1n) is 10.6. The van der Waals surface area contributed by atoms with Crippen molar-refractivity contribution in [2.45, 2.75) is 23.5 Å². The lowest BCUT2D eigenvalue weighted by molar-refractivity contribution is -0.121. The number of nitrogens with zero attached hydrogens (tertiary/aromatic N) is 1. The van der Waals surface area contributed by atoms with Crippen LogP contribution in [0.5, 0.6) is 5.75 Å². The lowest BCUT2D eigenvalue weighted by atomic mass is 10.1. The summed E-state index contributed by atoms with van der Waals surface area (Å²) in [4.78, 5) is 27.3. The Hall–Kier alpha value is -3.65. The fourth-order valence-corrected chi connectivity index (χ4v) is 5.79. The van der Waals surface area contributed by atoms with Crippen molar-refractivity contribution in [2.24, 2.45) is 0 Å². The van der Waals surface area contributed by atoms with Crippen LogP contribution in [0.3, 0.4) is 0 Å². The minimum Gasteiger partial charge on any atom is -0.494 e. The van der Waals surface area contributed by atoms with Crippen molar-refractivity contribution in [3.63, 3.8) is 0 Å². The molecule has 1 atom stereocenters. The summed E-state index contributed by atoms with van der Waals surface area (Å²) in [5, 5.41) is 1.73. The summed E-state index contributed by atoms with van der Waals surface area (Å²) in [6, 6.07) is 21.9. The van der Waals surface area contributed by atoms with E-state index >= 15 is 0 Å². The van der Waals surface area contributed by atoms with Gasteiger partial charge in [-0.05, 0) is 48.9 Å². The highest BCUT2D eigenvalue weighted by molar-refractivity contribution is 7.92. The van der Waals surface area contributed by atoms with E-state index in [-0.39, 0.29) is 23.5 Å². The smallest absolute Gasteiger partial charge is 0.244 e. The first-order chi connectivity index (χ1) is 15.9. The molecule has 1 heterocycles. The largest absolute Gasteiger partial charge is 0.494 e. The van der Waals surface area contributed by atoms with Gasteiger partial charge < -0.3 is 15.0 Å². The van der Waals surface area contributed by atoms with Gasteiger partial charge in [0.15, 0.2) is 9.84 Å². The summed E-state index contributed by atoms with van der Waals surface area (Å²) in [6.45, 7) is 2.11. The number of hydrogen-bond donors (Lipinski definition) is 1. The van der Waals surface area contributed by atoms with Crippen molar-refractivity contribution < 1.29 is 22.7 Å². The molecule has 4 rings (SSSR count). The highest BCUT2D eigenvalue weighted by atomic mass is 32.2. The molecular weight excluding hydrogens is 440 g/mol. The number of carbonyl (C=O) groups is 2. The number of ether oxygens (including phenoxy) is 1. The summed E-state index contributed by atoms with van der Waals surface area (Å²) >= 11 is 0. The van der Waals surface area contributed by atoms with Crippen LogP contribution in [0, 0.1) is 0 Å². The Morgan fingerprint density at radius 1 is 1.00 bits per heavy atom. The number of carbonyl (C=O) groups excluding carboxylic acids is 2. The van der Waals surface area contributed by atoms with E-state index < -0.39 is 26.9 Å². The zero-order valence-electron chi connectivity index (χ0n) is 18.1. The maximum Gasteiger partial charge on any atom is 0.244 e. The number of nitrogens with one attached hydrogen (secondary N) is 1. The van der Waals surface area contributed by atoms with Crippen LogP contribution in [0.2, 0.25) is 0 Å². The second kappa shape index (κ2) is 9.46. The molecule has 7 nitrogen and oxygen atoms in total. The van der Waals surface area contributed by atoms with Gasteiger partial charge in [-0.15, -0.1) is 0 Å². The normalized spacial score (nSPS) is 17.1. The highest BCUT2D eigenvalue weighted by Gasteiger charge is 2.39. The maximum absolute atomic E-state index is 13.5. The van der Waals surface area contributed by atoms with Crippen molar-refractivity contribution in [1.82, 2.24) is 0 Å². The summed E-state index contributed by atoms with van der Waals surface area (Å²) in [6.07, 6.45) is -0.253. The third-order valence-electron chi connectivity index (χ3n) is 5.42. The molecule has 0 saturated carbocycles. The summed E-state index contributed by atoms with van der Waals surface area (Å²) < 4.78 is 32.4. The Morgan fingerprint density at radius 2 is 1.67 bits per heavy atom. The second-order valence-corrected chi connectivity index (χ2v) is 9.70. The number of para-hydroxylation sites is 1. The molecule has 0 fully saturated rings. The molecule has 0 saturated heterocycles. The molecule has 3 aromatic carbocycles. The molecule has 0 aliphatic carbocycles. The fourth-order valence-electron chi connectivity index (χ4n) is 3.87. The Kier molecular flexibility index (Phi) is 6.46. The molecular formula is C25H24N2O5S. The van der Waals surface area contributed by atoms with E-state index in [1.165, 1.54) is 11.0 Å². The van der Waals surface area contributed by atoms with E-state index in [2.05, 4.69) is 5.32 Å². The molecule has 8 heteroatoms. The van der Waals surface area contributed by atoms with Gasteiger partial charge in [0.2, 0.25) is 11.8 Å². The Morgan fingerprint density at radius 3 is 2.36 bits per heavy atom. The van der Waals surface area contributed by atoms with E-state index in [9.17, 15) is 18.0 Å². The lowest BCUT2D eigenvalue weighted by Crippen LogP contribution is -2.38. The molecule has 2 amide bonds. The van der Waals surface area contributed by atoms with E-state index in [4.69, 9.17) is 4.74 Å². The van der Waals surface area contributed by atoms with Gasteiger partial charge in [0.25, 0.3) is 0 Å². The molecule has 1 N–H and O–H groups in total. The summed E-state index contributed by atoms with van der Waals surface area (Å²) in [5.41, 5.74) is 1.30. The first-order valence-corrected chi connectivity index (χ1v) is 12.2. The number of fused-ring (bicyclic) bond motifs is 1. The van der Waals surface area contributed by atoms with Crippen LogP contribution in [0.15, 0.2) is 83.8 Å². The molecule has 0 radical (unpaired) electrons. The van der Waals surface area contributed by atoms with Crippen molar-refractivity contribution in [1.29, 1.82) is 0 Å². The maximum atomic E-state index is 13.5. The molecule has 0 aromatic heterocycles. The van der Waals surface area contributed by atoms with E-state index in [1.54, 1.807) is 72.8 Å². The van der Waals surface area contributed by atoms with Crippen LogP contribution < -0.4 is 15.0 Å². The van der Waals surface area contributed by atoms with Crippen LogP contribution in [0.4, 0.5) is 11.4 Å². The summed E-state index contributed by atoms with van der Waals surface area (Å²) in [5.74, 6) is -0.179. The average molecular weight is 465 g/mol. The van der Waals surface area contributed by atoms with Gasteiger partial charge >= 0.3 is 0 Å². The fraction of sp³-hybridized carbons (Fsp3) is 0.200. The third-order valence-corrected chi connectivity index (χ3v) is 7.57. The van der Waals surface area contributed by atoms with E-state index in [0.717, 1.165) is 0 Å². The molecule has 3 aromatic rings. The van der Waals surface area contributed by atoms with Crippen molar-refractivity contribution in [2.75, 3.05) is 23.4 Å². The second-order valence-electron chi connectivity index (χ2n) is 7.60. The number of sulfone groups is 1. The van der Waals surface area contributed by atoms with Crippen LogP contribution in [-0.4, -0.2) is 33.4 Å². The topological polar surface area (TPSA) is 92.8 Å². The standard InChI is InChI=1S/C25H24N2O5S/c1-2-32-20-14-12-19(13-15-20)26-24(28)17-27-21-10-6-7-11-22(21)33(30,31)23(16-25(27)29)18-8-4-3-5-9-18/h3-15,23H,2,16-17H2,1H3,(H,26,28)/t23-/m1/s1. The van der Waals surface area contributed by atoms with Gasteiger partial charge in [-0.2, -0.15) is 0 Å². The van der Waals surface area contributed by atoms with Crippen LogP contribution in [-0.2, 0) is 19.4 Å². The monoisotopic (exact) mass is 464 g/mol. The minimum absolute atomic E-state index is 0.0403. The van der Waals surface area contributed by atoms with Gasteiger partial charge in [-0.3, -0.25) is 9.59 Å². The minimum atomic E-state index is -3.85. The van der Waals surface area contributed by atoms with E-state index in [0.29, 0.717) is 23.6 Å².